The second-order valence-electron chi connectivity index (χ2n) is 3.20. The standard InChI is InChI=1S/C10H12BrNS/c1-2-8-6-13-10-4-3-7(11)5-9(10)12-8/h3-5,8,12H,2,6H2,1H3. The molecule has 1 aliphatic rings. The van der Waals surface area contributed by atoms with Gasteiger partial charge in [-0.25, -0.2) is 0 Å². The maximum atomic E-state index is 3.54. The van der Waals surface area contributed by atoms with Gasteiger partial charge in [0.05, 0.1) is 0 Å². The third-order valence-electron chi connectivity index (χ3n) is 2.23. The molecule has 2 rings (SSSR count). The quantitative estimate of drug-likeness (QED) is 0.823. The van der Waals surface area contributed by atoms with Gasteiger partial charge in [0, 0.05) is 26.9 Å². The Labute approximate surface area is 91.4 Å². The highest BCUT2D eigenvalue weighted by Crippen LogP contribution is 2.35. The lowest BCUT2D eigenvalue weighted by molar-refractivity contribution is 0.764. The minimum absolute atomic E-state index is 0.631. The predicted molar refractivity (Wildman–Crippen MR) is 62.6 cm³/mol. The zero-order valence-electron chi connectivity index (χ0n) is 7.51. The normalized spacial score (nSPS) is 20.6. The molecule has 3 heteroatoms. The van der Waals surface area contributed by atoms with Gasteiger partial charge in [0.1, 0.15) is 0 Å². The van der Waals surface area contributed by atoms with Crippen LogP contribution in [0.4, 0.5) is 5.69 Å². The second-order valence-corrected chi connectivity index (χ2v) is 5.18. The van der Waals surface area contributed by atoms with Gasteiger partial charge < -0.3 is 5.32 Å². The Morgan fingerprint density at radius 1 is 1.62 bits per heavy atom. The summed E-state index contributed by atoms with van der Waals surface area (Å²) in [6, 6.07) is 7.05. The van der Waals surface area contributed by atoms with Crippen molar-refractivity contribution in [3.63, 3.8) is 0 Å². The van der Waals surface area contributed by atoms with E-state index in [1.807, 2.05) is 11.8 Å². The summed E-state index contributed by atoms with van der Waals surface area (Å²) in [6.07, 6.45) is 1.19. The lowest BCUT2D eigenvalue weighted by Crippen LogP contribution is -2.24. The Kier molecular flexibility index (Phi) is 2.84. The summed E-state index contributed by atoms with van der Waals surface area (Å²) in [5, 5.41) is 3.54. The summed E-state index contributed by atoms with van der Waals surface area (Å²) < 4.78 is 1.15. The molecule has 1 aromatic carbocycles. The molecule has 0 saturated carbocycles. The highest BCUT2D eigenvalue weighted by molar-refractivity contribution is 9.10. The van der Waals surface area contributed by atoms with E-state index in [4.69, 9.17) is 0 Å². The maximum Gasteiger partial charge on any atom is 0.0492 e. The van der Waals surface area contributed by atoms with Crippen molar-refractivity contribution in [3.05, 3.63) is 22.7 Å². The van der Waals surface area contributed by atoms with E-state index < -0.39 is 0 Å². The van der Waals surface area contributed by atoms with Gasteiger partial charge in [0.15, 0.2) is 0 Å². The molecule has 0 saturated heterocycles. The number of anilines is 1. The van der Waals surface area contributed by atoms with Crippen LogP contribution >= 0.6 is 27.7 Å². The molecule has 0 aromatic heterocycles. The minimum atomic E-state index is 0.631. The number of halogens is 1. The van der Waals surface area contributed by atoms with Crippen LogP contribution < -0.4 is 5.32 Å². The first-order valence-electron chi connectivity index (χ1n) is 4.48. The van der Waals surface area contributed by atoms with Crippen molar-refractivity contribution in [2.75, 3.05) is 11.1 Å². The third kappa shape index (κ3) is 2.02. The zero-order valence-corrected chi connectivity index (χ0v) is 9.91. The van der Waals surface area contributed by atoms with Crippen LogP contribution in [-0.2, 0) is 0 Å². The first kappa shape index (κ1) is 9.41. The lowest BCUT2D eigenvalue weighted by atomic mass is 10.2. The van der Waals surface area contributed by atoms with E-state index in [1.54, 1.807) is 0 Å². The highest BCUT2D eigenvalue weighted by Gasteiger charge is 2.16. The molecule has 1 aliphatic heterocycles. The average molecular weight is 258 g/mol. The van der Waals surface area contributed by atoms with Gasteiger partial charge in [-0.3, -0.25) is 0 Å². The van der Waals surface area contributed by atoms with Gasteiger partial charge in [0.2, 0.25) is 0 Å². The molecule has 1 nitrogen and oxygen atoms in total. The molecule has 1 heterocycles. The second kappa shape index (κ2) is 3.93. The fraction of sp³-hybridized carbons (Fsp3) is 0.400. The van der Waals surface area contributed by atoms with Crippen molar-refractivity contribution in [1.82, 2.24) is 0 Å². The first-order valence-corrected chi connectivity index (χ1v) is 6.26. The van der Waals surface area contributed by atoms with E-state index in [1.165, 1.54) is 22.8 Å². The number of thioether (sulfide) groups is 1. The average Bonchev–Trinajstić information content (AvgIpc) is 2.16. The van der Waals surface area contributed by atoms with Gasteiger partial charge in [0.25, 0.3) is 0 Å². The Morgan fingerprint density at radius 3 is 3.23 bits per heavy atom. The molecule has 1 unspecified atom stereocenters. The van der Waals surface area contributed by atoms with E-state index in [2.05, 4.69) is 46.4 Å². The fourth-order valence-corrected chi connectivity index (χ4v) is 2.91. The van der Waals surface area contributed by atoms with Gasteiger partial charge >= 0.3 is 0 Å². The van der Waals surface area contributed by atoms with Crippen LogP contribution in [0.25, 0.3) is 0 Å². The summed E-state index contributed by atoms with van der Waals surface area (Å²) >= 11 is 5.43. The Hall–Kier alpha value is -0.150. The number of hydrogen-bond donors (Lipinski definition) is 1. The smallest absolute Gasteiger partial charge is 0.0492 e. The van der Waals surface area contributed by atoms with E-state index in [0.29, 0.717) is 6.04 Å². The van der Waals surface area contributed by atoms with Crippen molar-refractivity contribution in [1.29, 1.82) is 0 Å². The number of hydrogen-bond acceptors (Lipinski definition) is 2. The van der Waals surface area contributed by atoms with Crippen LogP contribution in [0.5, 0.6) is 0 Å². The Bertz CT molecular complexity index is 314. The van der Waals surface area contributed by atoms with Crippen molar-refractivity contribution < 1.29 is 0 Å². The van der Waals surface area contributed by atoms with Crippen molar-refractivity contribution in [3.8, 4) is 0 Å². The molecule has 0 radical (unpaired) electrons. The largest absolute Gasteiger partial charge is 0.381 e. The molecule has 70 valence electrons. The van der Waals surface area contributed by atoms with Crippen LogP contribution in [0.3, 0.4) is 0 Å². The molecular formula is C10H12BrNS. The molecule has 13 heavy (non-hydrogen) atoms. The summed E-state index contributed by atoms with van der Waals surface area (Å²) in [7, 11) is 0. The number of benzene rings is 1. The van der Waals surface area contributed by atoms with Gasteiger partial charge in [-0.05, 0) is 24.6 Å². The summed E-state index contributed by atoms with van der Waals surface area (Å²) in [4.78, 5) is 1.37. The van der Waals surface area contributed by atoms with E-state index in [-0.39, 0.29) is 0 Å². The van der Waals surface area contributed by atoms with Gasteiger partial charge in [-0.15, -0.1) is 11.8 Å². The molecule has 0 amide bonds. The maximum absolute atomic E-state index is 3.54. The molecule has 0 fully saturated rings. The molecule has 0 bridgehead atoms. The SMILES string of the molecule is CCC1CSc2ccc(Br)cc2N1. The van der Waals surface area contributed by atoms with Gasteiger partial charge in [-0.2, -0.15) is 0 Å². The molecule has 1 N–H and O–H groups in total. The Balaban J connectivity index is 2.27. The number of nitrogens with one attached hydrogen (secondary N) is 1. The van der Waals surface area contributed by atoms with Crippen LogP contribution in [0, 0.1) is 0 Å². The van der Waals surface area contributed by atoms with Crippen LogP contribution in [0.15, 0.2) is 27.6 Å². The summed E-state index contributed by atoms with van der Waals surface area (Å²) in [6.45, 7) is 2.22. The lowest BCUT2D eigenvalue weighted by Gasteiger charge is -2.25. The molecular weight excluding hydrogens is 246 g/mol. The van der Waals surface area contributed by atoms with Crippen LogP contribution in [0.1, 0.15) is 13.3 Å². The molecule has 0 spiro atoms. The first-order chi connectivity index (χ1) is 6.29. The van der Waals surface area contributed by atoms with Crippen molar-refractivity contribution >= 4 is 33.4 Å². The predicted octanol–water partition coefficient (Wildman–Crippen LogP) is 3.75. The van der Waals surface area contributed by atoms with E-state index in [0.717, 1.165) is 4.47 Å². The van der Waals surface area contributed by atoms with Gasteiger partial charge in [-0.1, -0.05) is 22.9 Å². The molecule has 1 aromatic rings. The molecule has 1 atom stereocenters. The van der Waals surface area contributed by atoms with Crippen LogP contribution in [0.2, 0.25) is 0 Å². The Morgan fingerprint density at radius 2 is 2.46 bits per heavy atom. The van der Waals surface area contributed by atoms with Crippen LogP contribution in [-0.4, -0.2) is 11.8 Å². The van der Waals surface area contributed by atoms with Crippen molar-refractivity contribution in [2.24, 2.45) is 0 Å². The third-order valence-corrected chi connectivity index (χ3v) is 3.96. The van der Waals surface area contributed by atoms with E-state index in [9.17, 15) is 0 Å². The summed E-state index contributed by atoms with van der Waals surface area (Å²) in [5.74, 6) is 1.19. The topological polar surface area (TPSA) is 12.0 Å². The zero-order chi connectivity index (χ0) is 9.26. The molecule has 0 aliphatic carbocycles. The van der Waals surface area contributed by atoms with E-state index >= 15 is 0 Å². The number of rotatable bonds is 1. The fourth-order valence-electron chi connectivity index (χ4n) is 1.41. The number of fused-ring (bicyclic) bond motifs is 1. The monoisotopic (exact) mass is 257 g/mol. The highest BCUT2D eigenvalue weighted by atomic mass is 79.9. The summed E-state index contributed by atoms with van der Waals surface area (Å²) in [5.41, 5.74) is 1.28. The van der Waals surface area contributed by atoms with Crippen molar-refractivity contribution in [2.45, 2.75) is 24.3 Å². The minimum Gasteiger partial charge on any atom is -0.381 e.